The molecule has 1 N–H and O–H groups in total. The maximum atomic E-state index is 12.5. The smallest absolute Gasteiger partial charge is 0.258 e. The summed E-state index contributed by atoms with van der Waals surface area (Å²) in [6, 6.07) is 19.3. The lowest BCUT2D eigenvalue weighted by atomic mass is 10.2. The standard InChI is InChI=1S/C20H22N2O3/c23-19(15-25-18-9-5-2-6-10-18)21-13-20(24)22(17-11-12-17)14-16-7-3-1-4-8-16/h1-10,17H,11-15H2,(H,21,23). The molecule has 5 heteroatoms. The van der Waals surface area contributed by atoms with Crippen LogP contribution in [0.3, 0.4) is 0 Å². The summed E-state index contributed by atoms with van der Waals surface area (Å²) in [7, 11) is 0. The van der Waals surface area contributed by atoms with Crippen LogP contribution in [0.25, 0.3) is 0 Å². The van der Waals surface area contributed by atoms with Crippen molar-refractivity contribution in [3.8, 4) is 5.75 Å². The van der Waals surface area contributed by atoms with Gasteiger partial charge in [-0.15, -0.1) is 0 Å². The Morgan fingerprint density at radius 1 is 1.00 bits per heavy atom. The average molecular weight is 338 g/mol. The normalized spacial score (nSPS) is 13.1. The Bertz CT molecular complexity index is 699. The Hall–Kier alpha value is -2.82. The highest BCUT2D eigenvalue weighted by atomic mass is 16.5. The molecule has 0 radical (unpaired) electrons. The van der Waals surface area contributed by atoms with Crippen LogP contribution in [0.1, 0.15) is 18.4 Å². The van der Waals surface area contributed by atoms with Gasteiger partial charge in [0.2, 0.25) is 5.91 Å². The highest BCUT2D eigenvalue weighted by molar-refractivity contribution is 5.85. The Morgan fingerprint density at radius 2 is 1.64 bits per heavy atom. The van der Waals surface area contributed by atoms with E-state index in [1.54, 1.807) is 12.1 Å². The van der Waals surface area contributed by atoms with Gasteiger partial charge in [-0.2, -0.15) is 0 Å². The number of amides is 2. The fourth-order valence-corrected chi connectivity index (χ4v) is 2.58. The van der Waals surface area contributed by atoms with Gasteiger partial charge in [0.25, 0.3) is 5.91 Å². The van der Waals surface area contributed by atoms with Gasteiger partial charge < -0.3 is 15.0 Å². The van der Waals surface area contributed by atoms with Crippen molar-refractivity contribution in [3.05, 3.63) is 66.2 Å². The highest BCUT2D eigenvalue weighted by Crippen LogP contribution is 2.28. The highest BCUT2D eigenvalue weighted by Gasteiger charge is 2.32. The second-order valence-electron chi connectivity index (χ2n) is 6.12. The zero-order valence-electron chi connectivity index (χ0n) is 14.1. The predicted octanol–water partition coefficient (Wildman–Crippen LogP) is 2.37. The summed E-state index contributed by atoms with van der Waals surface area (Å²) in [4.78, 5) is 26.2. The van der Waals surface area contributed by atoms with E-state index in [0.717, 1.165) is 18.4 Å². The number of nitrogens with zero attached hydrogens (tertiary/aromatic N) is 1. The maximum absolute atomic E-state index is 12.5. The lowest BCUT2D eigenvalue weighted by Gasteiger charge is -2.22. The summed E-state index contributed by atoms with van der Waals surface area (Å²) in [5, 5.41) is 2.65. The zero-order valence-corrected chi connectivity index (χ0v) is 14.1. The average Bonchev–Trinajstić information content (AvgIpc) is 3.49. The molecule has 3 rings (SSSR count). The molecule has 0 bridgehead atoms. The van der Waals surface area contributed by atoms with Crippen LogP contribution in [0.5, 0.6) is 5.75 Å². The first-order chi connectivity index (χ1) is 12.2. The van der Waals surface area contributed by atoms with Crippen LogP contribution in [0, 0.1) is 0 Å². The van der Waals surface area contributed by atoms with Crippen molar-refractivity contribution in [1.29, 1.82) is 0 Å². The largest absolute Gasteiger partial charge is 0.484 e. The van der Waals surface area contributed by atoms with Crippen LogP contribution < -0.4 is 10.1 Å². The Kier molecular flexibility index (Phi) is 5.67. The summed E-state index contributed by atoms with van der Waals surface area (Å²) in [5.74, 6) is 0.278. The van der Waals surface area contributed by atoms with E-state index >= 15 is 0 Å². The van der Waals surface area contributed by atoms with Crippen LogP contribution in [0.15, 0.2) is 60.7 Å². The van der Waals surface area contributed by atoms with E-state index in [1.165, 1.54) is 0 Å². The molecular weight excluding hydrogens is 316 g/mol. The van der Waals surface area contributed by atoms with Gasteiger partial charge in [-0.3, -0.25) is 9.59 Å². The van der Waals surface area contributed by atoms with Crippen molar-refractivity contribution in [2.45, 2.75) is 25.4 Å². The molecule has 1 aliphatic carbocycles. The third-order valence-corrected chi connectivity index (χ3v) is 4.05. The summed E-state index contributed by atoms with van der Waals surface area (Å²) >= 11 is 0. The lowest BCUT2D eigenvalue weighted by molar-refractivity contribution is -0.134. The first-order valence-corrected chi connectivity index (χ1v) is 8.50. The number of nitrogens with one attached hydrogen (secondary N) is 1. The van der Waals surface area contributed by atoms with E-state index in [2.05, 4.69) is 5.32 Å². The van der Waals surface area contributed by atoms with Gasteiger partial charge >= 0.3 is 0 Å². The predicted molar refractivity (Wildman–Crippen MR) is 95.0 cm³/mol. The van der Waals surface area contributed by atoms with Gasteiger partial charge in [0, 0.05) is 12.6 Å². The van der Waals surface area contributed by atoms with E-state index in [1.807, 2.05) is 53.4 Å². The number of carbonyl (C=O) groups is 2. The number of rotatable bonds is 8. The SMILES string of the molecule is O=C(COc1ccccc1)NCC(=O)N(Cc1ccccc1)C1CC1. The fourth-order valence-electron chi connectivity index (χ4n) is 2.58. The summed E-state index contributed by atoms with van der Waals surface area (Å²) < 4.78 is 5.38. The molecule has 0 unspecified atom stereocenters. The topological polar surface area (TPSA) is 58.6 Å². The van der Waals surface area contributed by atoms with E-state index in [0.29, 0.717) is 18.3 Å². The molecule has 0 heterocycles. The molecule has 0 atom stereocenters. The van der Waals surface area contributed by atoms with Crippen LogP contribution in [0.4, 0.5) is 0 Å². The summed E-state index contributed by atoms with van der Waals surface area (Å²) in [5.41, 5.74) is 1.10. The molecule has 2 aromatic carbocycles. The Labute approximate surface area is 147 Å². The first kappa shape index (κ1) is 17.0. The fraction of sp³-hybridized carbons (Fsp3) is 0.300. The van der Waals surface area contributed by atoms with Gasteiger partial charge in [0.05, 0.1) is 6.54 Å². The van der Waals surface area contributed by atoms with Crippen LogP contribution in [0.2, 0.25) is 0 Å². The molecule has 130 valence electrons. The van der Waals surface area contributed by atoms with Crippen LogP contribution in [-0.2, 0) is 16.1 Å². The maximum Gasteiger partial charge on any atom is 0.258 e. The molecular formula is C20H22N2O3. The summed E-state index contributed by atoms with van der Waals surface area (Å²) in [6.45, 7) is 0.487. The molecule has 1 saturated carbocycles. The Balaban J connectivity index is 1.46. The molecule has 0 spiro atoms. The van der Waals surface area contributed by atoms with Crippen molar-refractivity contribution >= 4 is 11.8 Å². The van der Waals surface area contributed by atoms with E-state index in [9.17, 15) is 9.59 Å². The van der Waals surface area contributed by atoms with Crippen molar-refractivity contribution in [2.75, 3.05) is 13.2 Å². The molecule has 0 aromatic heterocycles. The van der Waals surface area contributed by atoms with Gasteiger partial charge in [-0.25, -0.2) is 0 Å². The molecule has 25 heavy (non-hydrogen) atoms. The number of ether oxygens (including phenoxy) is 1. The third kappa shape index (κ3) is 5.35. The number of hydrogen-bond donors (Lipinski definition) is 1. The number of benzene rings is 2. The first-order valence-electron chi connectivity index (χ1n) is 8.50. The number of hydrogen-bond acceptors (Lipinski definition) is 3. The van der Waals surface area contributed by atoms with Crippen molar-refractivity contribution < 1.29 is 14.3 Å². The van der Waals surface area contributed by atoms with Gasteiger partial charge in [-0.05, 0) is 30.5 Å². The zero-order chi connectivity index (χ0) is 17.5. The van der Waals surface area contributed by atoms with Crippen LogP contribution >= 0.6 is 0 Å². The molecule has 2 aromatic rings. The molecule has 0 aliphatic heterocycles. The minimum absolute atomic E-state index is 0.000314. The van der Waals surface area contributed by atoms with Crippen molar-refractivity contribution in [2.24, 2.45) is 0 Å². The minimum Gasteiger partial charge on any atom is -0.484 e. The monoisotopic (exact) mass is 338 g/mol. The van der Waals surface area contributed by atoms with Gasteiger partial charge in [0.15, 0.2) is 6.61 Å². The van der Waals surface area contributed by atoms with Crippen molar-refractivity contribution in [1.82, 2.24) is 10.2 Å². The van der Waals surface area contributed by atoms with Crippen molar-refractivity contribution in [3.63, 3.8) is 0 Å². The lowest BCUT2D eigenvalue weighted by Crippen LogP contribution is -2.42. The molecule has 0 saturated heterocycles. The van der Waals surface area contributed by atoms with E-state index < -0.39 is 0 Å². The van der Waals surface area contributed by atoms with Gasteiger partial charge in [0.1, 0.15) is 5.75 Å². The number of para-hydroxylation sites is 1. The third-order valence-electron chi connectivity index (χ3n) is 4.05. The molecule has 1 fully saturated rings. The summed E-state index contributed by atoms with van der Waals surface area (Å²) in [6.07, 6.45) is 2.06. The molecule has 2 amide bonds. The second kappa shape index (κ2) is 8.33. The quantitative estimate of drug-likeness (QED) is 0.804. The molecule has 5 nitrogen and oxygen atoms in total. The van der Waals surface area contributed by atoms with Gasteiger partial charge in [-0.1, -0.05) is 48.5 Å². The number of carbonyl (C=O) groups excluding carboxylic acids is 2. The Morgan fingerprint density at radius 3 is 2.28 bits per heavy atom. The minimum atomic E-state index is -0.298. The van der Waals surface area contributed by atoms with E-state index in [-0.39, 0.29) is 25.0 Å². The van der Waals surface area contributed by atoms with E-state index in [4.69, 9.17) is 4.74 Å². The van der Waals surface area contributed by atoms with Crippen LogP contribution in [-0.4, -0.2) is 35.9 Å². The molecule has 1 aliphatic rings. The second-order valence-corrected chi connectivity index (χ2v) is 6.12.